The largest absolute Gasteiger partial charge is 0.495 e. The lowest BCUT2D eigenvalue weighted by Crippen LogP contribution is -2.44. The van der Waals surface area contributed by atoms with E-state index in [9.17, 15) is 13.2 Å². The minimum Gasteiger partial charge on any atom is -0.495 e. The van der Waals surface area contributed by atoms with E-state index >= 15 is 0 Å². The van der Waals surface area contributed by atoms with Gasteiger partial charge in [-0.1, -0.05) is 6.42 Å². The maximum absolute atomic E-state index is 12.8. The SMILES string of the molecule is COc1cncc(C2(N)CCCC(C(F)(F)F)C2)c1. The first kappa shape index (κ1) is 14.1. The van der Waals surface area contributed by atoms with E-state index in [1.165, 1.54) is 19.5 Å². The molecule has 1 fully saturated rings. The summed E-state index contributed by atoms with van der Waals surface area (Å²) in [5.41, 5.74) is 5.84. The monoisotopic (exact) mass is 274 g/mol. The van der Waals surface area contributed by atoms with Crippen molar-refractivity contribution < 1.29 is 17.9 Å². The Bertz CT molecular complexity index is 450. The van der Waals surface area contributed by atoms with Crippen LogP contribution in [0, 0.1) is 5.92 Å². The smallest absolute Gasteiger partial charge is 0.391 e. The van der Waals surface area contributed by atoms with Crippen LogP contribution >= 0.6 is 0 Å². The molecule has 19 heavy (non-hydrogen) atoms. The molecule has 0 radical (unpaired) electrons. The maximum atomic E-state index is 12.8. The Morgan fingerprint density at radius 2 is 2.16 bits per heavy atom. The molecule has 1 saturated carbocycles. The summed E-state index contributed by atoms with van der Waals surface area (Å²) in [4.78, 5) is 3.98. The third kappa shape index (κ3) is 3.00. The third-order valence-electron chi connectivity index (χ3n) is 3.77. The number of hydrogen-bond acceptors (Lipinski definition) is 3. The molecule has 0 aromatic carbocycles. The highest BCUT2D eigenvalue weighted by Crippen LogP contribution is 2.44. The molecular formula is C13H17F3N2O. The van der Waals surface area contributed by atoms with Gasteiger partial charge in [0.05, 0.1) is 19.2 Å². The molecule has 6 heteroatoms. The predicted octanol–water partition coefficient (Wildman–Crippen LogP) is 3.00. The van der Waals surface area contributed by atoms with E-state index in [0.29, 0.717) is 24.2 Å². The number of rotatable bonds is 2. The Balaban J connectivity index is 2.26. The van der Waals surface area contributed by atoms with Gasteiger partial charge in [-0.2, -0.15) is 13.2 Å². The molecule has 1 aliphatic rings. The first-order valence-electron chi connectivity index (χ1n) is 6.20. The molecule has 1 heterocycles. The van der Waals surface area contributed by atoms with Gasteiger partial charge in [0.25, 0.3) is 0 Å². The van der Waals surface area contributed by atoms with Gasteiger partial charge in [-0.3, -0.25) is 4.98 Å². The van der Waals surface area contributed by atoms with Gasteiger partial charge in [0.15, 0.2) is 0 Å². The van der Waals surface area contributed by atoms with Crippen LogP contribution in [0.15, 0.2) is 18.5 Å². The summed E-state index contributed by atoms with van der Waals surface area (Å²) >= 11 is 0. The van der Waals surface area contributed by atoms with Crippen LogP contribution in [-0.4, -0.2) is 18.3 Å². The van der Waals surface area contributed by atoms with Gasteiger partial charge in [-0.25, -0.2) is 0 Å². The number of ether oxygens (including phenoxy) is 1. The van der Waals surface area contributed by atoms with Crippen molar-refractivity contribution in [1.82, 2.24) is 4.98 Å². The molecule has 0 saturated heterocycles. The molecule has 1 aromatic rings. The van der Waals surface area contributed by atoms with Crippen LogP contribution in [0.25, 0.3) is 0 Å². The molecule has 2 atom stereocenters. The number of aromatic nitrogens is 1. The van der Waals surface area contributed by atoms with E-state index in [2.05, 4.69) is 4.98 Å². The van der Waals surface area contributed by atoms with Crippen molar-refractivity contribution in [2.45, 2.75) is 37.4 Å². The Labute approximate surface area is 110 Å². The summed E-state index contributed by atoms with van der Waals surface area (Å²) in [7, 11) is 1.49. The van der Waals surface area contributed by atoms with Gasteiger partial charge in [-0.15, -0.1) is 0 Å². The topological polar surface area (TPSA) is 48.1 Å². The van der Waals surface area contributed by atoms with Crippen molar-refractivity contribution in [2.75, 3.05) is 7.11 Å². The number of halogens is 3. The number of alkyl halides is 3. The van der Waals surface area contributed by atoms with E-state index < -0.39 is 17.6 Å². The number of methoxy groups -OCH3 is 1. The Kier molecular flexibility index (Phi) is 3.71. The van der Waals surface area contributed by atoms with Crippen molar-refractivity contribution in [2.24, 2.45) is 11.7 Å². The molecule has 1 aliphatic carbocycles. The quantitative estimate of drug-likeness (QED) is 0.901. The maximum Gasteiger partial charge on any atom is 0.391 e. The van der Waals surface area contributed by atoms with Gasteiger partial charge in [0.2, 0.25) is 0 Å². The first-order chi connectivity index (χ1) is 8.85. The Hall–Kier alpha value is -1.30. The lowest BCUT2D eigenvalue weighted by Gasteiger charge is -2.38. The van der Waals surface area contributed by atoms with Crippen molar-refractivity contribution in [3.05, 3.63) is 24.0 Å². The van der Waals surface area contributed by atoms with Crippen molar-refractivity contribution in [3.63, 3.8) is 0 Å². The molecule has 2 N–H and O–H groups in total. The van der Waals surface area contributed by atoms with Gasteiger partial charge < -0.3 is 10.5 Å². The lowest BCUT2D eigenvalue weighted by atomic mass is 9.72. The zero-order chi connectivity index (χ0) is 14.1. The highest BCUT2D eigenvalue weighted by molar-refractivity contribution is 5.29. The molecule has 2 rings (SSSR count). The summed E-state index contributed by atoms with van der Waals surface area (Å²) in [6, 6.07) is 1.67. The van der Waals surface area contributed by atoms with Crippen LogP contribution in [0.1, 0.15) is 31.2 Å². The fraction of sp³-hybridized carbons (Fsp3) is 0.615. The van der Waals surface area contributed by atoms with Crippen molar-refractivity contribution in [1.29, 1.82) is 0 Å². The van der Waals surface area contributed by atoms with Crippen molar-refractivity contribution >= 4 is 0 Å². The molecule has 2 unspecified atom stereocenters. The van der Waals surface area contributed by atoms with E-state index in [1.807, 2.05) is 0 Å². The van der Waals surface area contributed by atoms with E-state index in [-0.39, 0.29) is 12.8 Å². The van der Waals surface area contributed by atoms with E-state index in [1.54, 1.807) is 6.07 Å². The van der Waals surface area contributed by atoms with E-state index in [4.69, 9.17) is 10.5 Å². The fourth-order valence-electron chi connectivity index (χ4n) is 2.65. The first-order valence-corrected chi connectivity index (χ1v) is 6.20. The minimum absolute atomic E-state index is 0.0919. The third-order valence-corrected chi connectivity index (χ3v) is 3.77. The van der Waals surface area contributed by atoms with Crippen LogP contribution in [0.5, 0.6) is 5.75 Å². The van der Waals surface area contributed by atoms with Crippen molar-refractivity contribution in [3.8, 4) is 5.75 Å². The van der Waals surface area contributed by atoms with Gasteiger partial charge in [-0.05, 0) is 30.9 Å². The molecular weight excluding hydrogens is 257 g/mol. The second kappa shape index (κ2) is 5.00. The van der Waals surface area contributed by atoms with Crippen LogP contribution in [0.3, 0.4) is 0 Å². The number of pyridine rings is 1. The normalized spacial score (nSPS) is 28.2. The van der Waals surface area contributed by atoms with Crippen LogP contribution in [-0.2, 0) is 5.54 Å². The summed E-state index contributed by atoms with van der Waals surface area (Å²) in [6.45, 7) is 0. The zero-order valence-corrected chi connectivity index (χ0v) is 10.7. The molecule has 106 valence electrons. The number of nitrogens with zero attached hydrogens (tertiary/aromatic N) is 1. The number of nitrogens with two attached hydrogens (primary N) is 1. The Morgan fingerprint density at radius 3 is 2.79 bits per heavy atom. The summed E-state index contributed by atoms with van der Waals surface area (Å²) < 4.78 is 43.6. The van der Waals surface area contributed by atoms with Gasteiger partial charge >= 0.3 is 6.18 Å². The number of hydrogen-bond donors (Lipinski definition) is 1. The summed E-state index contributed by atoms with van der Waals surface area (Å²) in [6.07, 6.45) is -0.0763. The van der Waals surface area contributed by atoms with Crippen LogP contribution in [0.2, 0.25) is 0 Å². The summed E-state index contributed by atoms with van der Waals surface area (Å²) in [5, 5.41) is 0. The fourth-order valence-corrected chi connectivity index (χ4v) is 2.65. The Morgan fingerprint density at radius 1 is 1.42 bits per heavy atom. The molecule has 0 aliphatic heterocycles. The average molecular weight is 274 g/mol. The van der Waals surface area contributed by atoms with Gasteiger partial charge in [0.1, 0.15) is 5.75 Å². The van der Waals surface area contributed by atoms with Crippen LogP contribution in [0.4, 0.5) is 13.2 Å². The van der Waals surface area contributed by atoms with E-state index in [0.717, 1.165) is 0 Å². The zero-order valence-electron chi connectivity index (χ0n) is 10.7. The lowest BCUT2D eigenvalue weighted by molar-refractivity contribution is -0.187. The molecule has 0 bridgehead atoms. The second-order valence-corrected chi connectivity index (χ2v) is 5.10. The highest BCUT2D eigenvalue weighted by Gasteiger charge is 2.46. The summed E-state index contributed by atoms with van der Waals surface area (Å²) in [5.74, 6) is -0.825. The van der Waals surface area contributed by atoms with Crippen LogP contribution < -0.4 is 10.5 Å². The second-order valence-electron chi connectivity index (χ2n) is 5.10. The highest BCUT2D eigenvalue weighted by atomic mass is 19.4. The average Bonchev–Trinajstić information content (AvgIpc) is 2.38. The van der Waals surface area contributed by atoms with Gasteiger partial charge in [0, 0.05) is 11.7 Å². The molecule has 3 nitrogen and oxygen atoms in total. The molecule has 1 aromatic heterocycles. The molecule has 0 amide bonds. The predicted molar refractivity (Wildman–Crippen MR) is 64.7 cm³/mol. The minimum atomic E-state index is -4.18. The standard InChI is InChI=1S/C13H17F3N2O/c1-19-11-5-10(7-18-8-11)12(17)4-2-3-9(6-12)13(14,15)16/h5,7-9H,2-4,6,17H2,1H3. The molecule has 0 spiro atoms.